The highest BCUT2D eigenvalue weighted by atomic mass is 19.4. The lowest BCUT2D eigenvalue weighted by Gasteiger charge is -2.19. The third kappa shape index (κ3) is 7.03. The lowest BCUT2D eigenvalue weighted by molar-refractivity contribution is -0.138. The minimum absolute atomic E-state index is 0.0253. The van der Waals surface area contributed by atoms with Gasteiger partial charge < -0.3 is 21.1 Å². The molecule has 0 unspecified atom stereocenters. The number of nitrogens with one attached hydrogen (secondary N) is 2. The average molecular weight is 383 g/mol. The molecule has 27 heavy (non-hydrogen) atoms. The predicted octanol–water partition coefficient (Wildman–Crippen LogP) is 2.51. The molecule has 1 aromatic carbocycles. The maximum absolute atomic E-state index is 12.3. The fourth-order valence-corrected chi connectivity index (χ4v) is 2.27. The second kappa shape index (κ2) is 10.1. The van der Waals surface area contributed by atoms with Crippen LogP contribution in [0.1, 0.15) is 18.2 Å². The average Bonchev–Trinajstić information content (AvgIpc) is 2.67. The molecule has 0 saturated heterocycles. The molecule has 0 fully saturated rings. The van der Waals surface area contributed by atoms with Crippen LogP contribution in [0.4, 0.5) is 19.1 Å². The lowest BCUT2D eigenvalue weighted by atomic mass is 10.1. The Morgan fingerprint density at radius 3 is 2.70 bits per heavy atom. The van der Waals surface area contributed by atoms with Gasteiger partial charge in [-0.05, 0) is 37.6 Å². The number of rotatable bonds is 5. The Balaban J connectivity index is 0.000000223. The highest BCUT2D eigenvalue weighted by molar-refractivity contribution is 5.32. The van der Waals surface area contributed by atoms with Crippen LogP contribution in [-0.2, 0) is 13.0 Å². The van der Waals surface area contributed by atoms with Gasteiger partial charge in [0.25, 0.3) is 0 Å². The third-order valence-electron chi connectivity index (χ3n) is 3.78. The first-order chi connectivity index (χ1) is 12.9. The van der Waals surface area contributed by atoms with Crippen molar-refractivity contribution >= 4 is 5.95 Å². The van der Waals surface area contributed by atoms with Gasteiger partial charge in [-0.2, -0.15) is 13.2 Å². The van der Waals surface area contributed by atoms with E-state index in [4.69, 9.17) is 10.5 Å². The number of nitrogens with two attached hydrogens (primary N) is 1. The maximum atomic E-state index is 12.3. The molecule has 1 aliphatic rings. The Morgan fingerprint density at radius 2 is 2.04 bits per heavy atom. The molecular formula is C18H24F3N5O. The molecule has 1 aromatic heterocycles. The van der Waals surface area contributed by atoms with Crippen LogP contribution in [0.25, 0.3) is 0 Å². The number of hydrogen-bond acceptors (Lipinski definition) is 6. The zero-order valence-electron chi connectivity index (χ0n) is 15.1. The van der Waals surface area contributed by atoms with Crippen LogP contribution in [0.3, 0.4) is 0 Å². The normalized spacial score (nSPS) is 14.4. The Kier molecular flexibility index (Phi) is 7.81. The van der Waals surface area contributed by atoms with Gasteiger partial charge in [0, 0.05) is 19.3 Å². The summed E-state index contributed by atoms with van der Waals surface area (Å²) in [5.41, 5.74) is 7.01. The summed E-state index contributed by atoms with van der Waals surface area (Å²) in [4.78, 5) is 7.98. The number of anilines is 1. The molecule has 0 radical (unpaired) electrons. The number of hydrogen-bond donors (Lipinski definition) is 3. The van der Waals surface area contributed by atoms with E-state index in [1.807, 2.05) is 30.3 Å². The Morgan fingerprint density at radius 1 is 1.30 bits per heavy atom. The first-order valence-corrected chi connectivity index (χ1v) is 8.67. The summed E-state index contributed by atoms with van der Waals surface area (Å²) in [5, 5.41) is 5.37. The van der Waals surface area contributed by atoms with Gasteiger partial charge in [-0.25, -0.2) is 9.97 Å². The van der Waals surface area contributed by atoms with E-state index in [9.17, 15) is 13.2 Å². The molecule has 1 aliphatic heterocycles. The molecule has 2 aromatic rings. The van der Waals surface area contributed by atoms with E-state index in [1.165, 1.54) is 0 Å². The van der Waals surface area contributed by atoms with E-state index < -0.39 is 12.2 Å². The van der Waals surface area contributed by atoms with Crippen molar-refractivity contribution in [3.63, 3.8) is 0 Å². The van der Waals surface area contributed by atoms with E-state index in [-0.39, 0.29) is 5.95 Å². The lowest BCUT2D eigenvalue weighted by Crippen LogP contribution is -2.34. The first-order valence-electron chi connectivity index (χ1n) is 8.67. The van der Waals surface area contributed by atoms with Gasteiger partial charge in [-0.15, -0.1) is 0 Å². The Labute approximate surface area is 156 Å². The fraction of sp³-hybridized carbons (Fsp3) is 0.444. The summed E-state index contributed by atoms with van der Waals surface area (Å²) < 4.78 is 42.3. The van der Waals surface area contributed by atoms with Crippen LogP contribution in [-0.4, -0.2) is 41.9 Å². The molecule has 0 spiro atoms. The van der Waals surface area contributed by atoms with Gasteiger partial charge in [0.15, 0.2) is 0 Å². The number of halogens is 3. The molecule has 0 saturated carbocycles. The number of fused-ring (bicyclic) bond motifs is 1. The van der Waals surface area contributed by atoms with Crippen molar-refractivity contribution < 1.29 is 17.9 Å². The molecule has 4 N–H and O–H groups in total. The highest BCUT2D eigenvalue weighted by Crippen LogP contribution is 2.22. The summed E-state index contributed by atoms with van der Waals surface area (Å²) in [6.07, 6.45) is -1.89. The zero-order valence-corrected chi connectivity index (χ0v) is 15.1. The maximum Gasteiger partial charge on any atom is 0.408 e. The van der Waals surface area contributed by atoms with Crippen LogP contribution < -0.4 is 21.1 Å². The second-order valence-electron chi connectivity index (χ2n) is 5.95. The number of benzene rings is 1. The molecule has 0 amide bonds. The molecule has 1 atom stereocenters. The van der Waals surface area contributed by atoms with Gasteiger partial charge >= 0.3 is 6.18 Å². The molecule has 0 aliphatic carbocycles. The molecule has 3 rings (SSSR count). The van der Waals surface area contributed by atoms with E-state index in [0.29, 0.717) is 19.7 Å². The van der Waals surface area contributed by atoms with E-state index in [0.717, 1.165) is 36.9 Å². The summed E-state index contributed by atoms with van der Waals surface area (Å²) in [6.45, 7) is 3.62. The standard InChI is InChI=1S/C10H13F3N4.C8H11NO/c1-6(10(11,12)13)16-9-15-4-7-2-3-14-5-8(7)17-9;9-6-7-10-8-4-2-1-3-5-8/h4,6,14H,2-3,5H2,1H3,(H,15,16,17);1-5H,6-7,9H2/t6-;/m0./s1. The molecule has 2 heterocycles. The van der Waals surface area contributed by atoms with Crippen LogP contribution in [0.5, 0.6) is 5.75 Å². The van der Waals surface area contributed by atoms with Crippen molar-refractivity contribution in [2.75, 3.05) is 25.0 Å². The fourth-order valence-electron chi connectivity index (χ4n) is 2.27. The van der Waals surface area contributed by atoms with Gasteiger partial charge in [0.05, 0.1) is 5.69 Å². The van der Waals surface area contributed by atoms with Crippen LogP contribution in [0.2, 0.25) is 0 Å². The van der Waals surface area contributed by atoms with Gasteiger partial charge in [-0.3, -0.25) is 0 Å². The summed E-state index contributed by atoms with van der Waals surface area (Å²) in [7, 11) is 0. The van der Waals surface area contributed by atoms with E-state index in [1.54, 1.807) is 6.20 Å². The third-order valence-corrected chi connectivity index (χ3v) is 3.78. The van der Waals surface area contributed by atoms with Crippen molar-refractivity contribution in [2.45, 2.75) is 32.1 Å². The van der Waals surface area contributed by atoms with Crippen LogP contribution in [0, 0.1) is 0 Å². The van der Waals surface area contributed by atoms with Gasteiger partial charge in [-0.1, -0.05) is 18.2 Å². The summed E-state index contributed by atoms with van der Waals surface area (Å²) >= 11 is 0. The Hall–Kier alpha value is -2.39. The minimum atomic E-state index is -4.29. The summed E-state index contributed by atoms with van der Waals surface area (Å²) in [6, 6.07) is 8.00. The van der Waals surface area contributed by atoms with Gasteiger partial charge in [0.1, 0.15) is 18.4 Å². The number of nitrogens with zero attached hydrogens (tertiary/aromatic N) is 2. The molecule has 9 heteroatoms. The number of aromatic nitrogens is 2. The number of alkyl halides is 3. The van der Waals surface area contributed by atoms with Crippen molar-refractivity contribution in [1.29, 1.82) is 0 Å². The monoisotopic (exact) mass is 383 g/mol. The van der Waals surface area contributed by atoms with E-state index in [2.05, 4.69) is 20.6 Å². The van der Waals surface area contributed by atoms with Crippen molar-refractivity contribution in [1.82, 2.24) is 15.3 Å². The largest absolute Gasteiger partial charge is 0.492 e. The summed E-state index contributed by atoms with van der Waals surface area (Å²) in [5.74, 6) is 0.908. The van der Waals surface area contributed by atoms with Crippen molar-refractivity contribution in [3.05, 3.63) is 47.8 Å². The quantitative estimate of drug-likeness (QED) is 0.736. The number of ether oxygens (including phenoxy) is 1. The first kappa shape index (κ1) is 20.9. The molecule has 148 valence electrons. The topological polar surface area (TPSA) is 85.1 Å². The van der Waals surface area contributed by atoms with Crippen LogP contribution in [0.15, 0.2) is 36.5 Å². The second-order valence-corrected chi connectivity index (χ2v) is 5.95. The highest BCUT2D eigenvalue weighted by Gasteiger charge is 2.36. The van der Waals surface area contributed by atoms with Gasteiger partial charge in [0.2, 0.25) is 5.95 Å². The van der Waals surface area contributed by atoms with Crippen molar-refractivity contribution in [2.24, 2.45) is 5.73 Å². The predicted molar refractivity (Wildman–Crippen MR) is 97.6 cm³/mol. The molecule has 6 nitrogen and oxygen atoms in total. The smallest absolute Gasteiger partial charge is 0.408 e. The SMILES string of the molecule is C[C@H](Nc1ncc2c(n1)CNCC2)C(F)(F)F.NCCOc1ccccc1. The zero-order chi connectivity index (χ0) is 19.7. The van der Waals surface area contributed by atoms with Crippen molar-refractivity contribution in [3.8, 4) is 5.75 Å². The van der Waals surface area contributed by atoms with E-state index >= 15 is 0 Å². The minimum Gasteiger partial charge on any atom is -0.492 e. The van der Waals surface area contributed by atoms with Crippen LogP contribution >= 0.6 is 0 Å². The number of para-hydroxylation sites is 1. The molecule has 0 bridgehead atoms. The Bertz CT molecular complexity index is 697. The molecular weight excluding hydrogens is 359 g/mol.